The van der Waals surface area contributed by atoms with Crippen molar-refractivity contribution < 1.29 is 9.53 Å². The van der Waals surface area contributed by atoms with Crippen molar-refractivity contribution in [2.45, 2.75) is 40.2 Å². The molecule has 0 aliphatic rings. The summed E-state index contributed by atoms with van der Waals surface area (Å²) in [6.07, 6.45) is 3.06. The quantitative estimate of drug-likeness (QED) is 0.886. The van der Waals surface area contributed by atoms with E-state index in [1.807, 2.05) is 39.8 Å². The van der Waals surface area contributed by atoms with Gasteiger partial charge in [0.25, 0.3) is 0 Å². The summed E-state index contributed by atoms with van der Waals surface area (Å²) in [4.78, 5) is 16.2. The lowest BCUT2D eigenvalue weighted by Gasteiger charge is -2.21. The van der Waals surface area contributed by atoms with Gasteiger partial charge in [0.05, 0.1) is 5.69 Å². The van der Waals surface area contributed by atoms with Gasteiger partial charge in [-0.15, -0.1) is 0 Å². The Morgan fingerprint density at radius 1 is 1.32 bits per heavy atom. The molecule has 0 aliphatic heterocycles. The molecule has 118 valence electrons. The van der Waals surface area contributed by atoms with Gasteiger partial charge in [0, 0.05) is 35.4 Å². The third kappa shape index (κ3) is 3.67. The van der Waals surface area contributed by atoms with E-state index in [0.717, 1.165) is 34.3 Å². The molecule has 0 bridgehead atoms. The third-order valence-corrected chi connectivity index (χ3v) is 3.12. The van der Waals surface area contributed by atoms with Crippen LogP contribution >= 0.6 is 0 Å². The van der Waals surface area contributed by atoms with E-state index in [2.05, 4.69) is 22.5 Å². The molecule has 2 N–H and O–H groups in total. The van der Waals surface area contributed by atoms with E-state index in [9.17, 15) is 4.79 Å². The summed E-state index contributed by atoms with van der Waals surface area (Å²) in [6.45, 7) is 10.4. The van der Waals surface area contributed by atoms with Gasteiger partial charge < -0.3 is 10.1 Å². The lowest BCUT2D eigenvalue weighted by molar-refractivity contribution is 0.0636. The number of hydrogen-bond acceptors (Lipinski definition) is 4. The van der Waals surface area contributed by atoms with Crippen LogP contribution in [0.1, 0.15) is 33.3 Å². The van der Waals surface area contributed by atoms with Crippen LogP contribution in [0.2, 0.25) is 0 Å². The summed E-state index contributed by atoms with van der Waals surface area (Å²) >= 11 is 0. The topological polar surface area (TPSA) is 63.2 Å². The van der Waals surface area contributed by atoms with Gasteiger partial charge in [0.2, 0.25) is 0 Å². The summed E-state index contributed by atoms with van der Waals surface area (Å²) in [5, 5.41) is 8.10. The van der Waals surface area contributed by atoms with Crippen molar-refractivity contribution in [1.82, 2.24) is 4.98 Å². The number of amides is 1. The Kier molecular flexibility index (Phi) is 4.54. The monoisotopic (exact) mass is 301 g/mol. The molecule has 0 saturated carbocycles. The molecule has 0 aliphatic carbocycles. The summed E-state index contributed by atoms with van der Waals surface area (Å²) in [5.74, 6) is 0. The Morgan fingerprint density at radius 2 is 2.05 bits per heavy atom. The van der Waals surface area contributed by atoms with Crippen LogP contribution in [-0.4, -0.2) is 23.2 Å². The molecule has 0 radical (unpaired) electrons. The van der Waals surface area contributed by atoms with Crippen LogP contribution < -0.4 is 10.6 Å². The van der Waals surface area contributed by atoms with Gasteiger partial charge in [-0.2, -0.15) is 0 Å². The van der Waals surface area contributed by atoms with Crippen LogP contribution in [0.3, 0.4) is 0 Å². The smallest absolute Gasteiger partial charge is 0.412 e. The number of nitrogens with one attached hydrogen (secondary N) is 2. The molecule has 0 spiro atoms. The van der Waals surface area contributed by atoms with Crippen LogP contribution in [-0.2, 0) is 4.74 Å². The Labute approximate surface area is 131 Å². The van der Waals surface area contributed by atoms with Gasteiger partial charge in [-0.1, -0.05) is 0 Å². The second-order valence-electron chi connectivity index (χ2n) is 6.19. The molecule has 2 aromatic rings. The second kappa shape index (κ2) is 6.22. The fourth-order valence-corrected chi connectivity index (χ4v) is 2.34. The molecule has 1 heterocycles. The number of fused-ring (bicyclic) bond motifs is 1. The second-order valence-corrected chi connectivity index (χ2v) is 6.19. The molecule has 1 amide bonds. The minimum absolute atomic E-state index is 0.457. The van der Waals surface area contributed by atoms with Crippen molar-refractivity contribution in [2.24, 2.45) is 0 Å². The van der Waals surface area contributed by atoms with Crippen LogP contribution in [0.25, 0.3) is 10.8 Å². The van der Waals surface area contributed by atoms with Gasteiger partial charge in [-0.25, -0.2) is 4.79 Å². The molecule has 1 aromatic heterocycles. The zero-order valence-corrected chi connectivity index (χ0v) is 13.8. The SMILES string of the molecule is CCNc1c(C)cc(NC(=O)OC(C)(C)C)c2ccncc12. The Balaban J connectivity index is 2.43. The highest BCUT2D eigenvalue weighted by atomic mass is 16.6. The van der Waals surface area contributed by atoms with Crippen molar-refractivity contribution >= 4 is 28.2 Å². The highest BCUT2D eigenvalue weighted by Crippen LogP contribution is 2.33. The van der Waals surface area contributed by atoms with Crippen molar-refractivity contribution in [1.29, 1.82) is 0 Å². The Morgan fingerprint density at radius 3 is 2.68 bits per heavy atom. The molecular weight excluding hydrogens is 278 g/mol. The molecule has 1 aromatic carbocycles. The summed E-state index contributed by atoms with van der Waals surface area (Å²) < 4.78 is 5.33. The first kappa shape index (κ1) is 16.1. The van der Waals surface area contributed by atoms with Crippen molar-refractivity contribution in [3.63, 3.8) is 0 Å². The number of aromatic nitrogens is 1. The highest BCUT2D eigenvalue weighted by Gasteiger charge is 2.18. The number of carbonyl (C=O) groups excluding carboxylic acids is 1. The van der Waals surface area contributed by atoms with E-state index in [0.29, 0.717) is 0 Å². The van der Waals surface area contributed by atoms with Gasteiger partial charge in [0.1, 0.15) is 5.60 Å². The fraction of sp³-hybridized carbons (Fsp3) is 0.412. The number of rotatable bonds is 3. The molecule has 5 heteroatoms. The predicted octanol–water partition coefficient (Wildman–Crippen LogP) is 4.32. The van der Waals surface area contributed by atoms with Gasteiger partial charge >= 0.3 is 6.09 Å². The lowest BCUT2D eigenvalue weighted by atomic mass is 10.0. The average molecular weight is 301 g/mol. The van der Waals surface area contributed by atoms with E-state index < -0.39 is 11.7 Å². The first-order chi connectivity index (χ1) is 10.3. The fourth-order valence-electron chi connectivity index (χ4n) is 2.34. The van der Waals surface area contributed by atoms with Crippen LogP contribution in [0.15, 0.2) is 24.5 Å². The van der Waals surface area contributed by atoms with Crippen LogP contribution in [0, 0.1) is 6.92 Å². The Bertz CT molecular complexity index is 690. The van der Waals surface area contributed by atoms with Crippen LogP contribution in [0.5, 0.6) is 0 Å². The van der Waals surface area contributed by atoms with E-state index in [1.54, 1.807) is 12.4 Å². The zero-order chi connectivity index (χ0) is 16.3. The maximum atomic E-state index is 12.0. The van der Waals surface area contributed by atoms with E-state index in [4.69, 9.17) is 4.74 Å². The number of nitrogens with zero attached hydrogens (tertiary/aromatic N) is 1. The largest absolute Gasteiger partial charge is 0.444 e. The maximum absolute atomic E-state index is 12.0. The van der Waals surface area contributed by atoms with E-state index in [1.165, 1.54) is 0 Å². The molecule has 0 atom stereocenters. The normalized spacial score (nSPS) is 11.3. The molecule has 22 heavy (non-hydrogen) atoms. The summed E-state index contributed by atoms with van der Waals surface area (Å²) in [5.41, 5.74) is 2.29. The maximum Gasteiger partial charge on any atom is 0.412 e. The van der Waals surface area contributed by atoms with E-state index in [-0.39, 0.29) is 0 Å². The molecular formula is C17H23N3O2. The number of pyridine rings is 1. The lowest BCUT2D eigenvalue weighted by Crippen LogP contribution is -2.27. The molecule has 0 fully saturated rings. The summed E-state index contributed by atoms with van der Waals surface area (Å²) in [6, 6.07) is 3.84. The number of hydrogen-bond donors (Lipinski definition) is 2. The number of aryl methyl sites for hydroxylation is 1. The number of ether oxygens (including phenoxy) is 1. The first-order valence-corrected chi connectivity index (χ1v) is 7.43. The number of anilines is 2. The molecule has 0 unspecified atom stereocenters. The zero-order valence-electron chi connectivity index (χ0n) is 13.8. The van der Waals surface area contributed by atoms with Crippen molar-refractivity contribution in [2.75, 3.05) is 17.2 Å². The molecule has 0 saturated heterocycles. The minimum Gasteiger partial charge on any atom is -0.444 e. The summed E-state index contributed by atoms with van der Waals surface area (Å²) in [7, 11) is 0. The molecule has 5 nitrogen and oxygen atoms in total. The van der Waals surface area contributed by atoms with Gasteiger partial charge in [0.15, 0.2) is 0 Å². The number of benzene rings is 1. The van der Waals surface area contributed by atoms with Crippen LogP contribution in [0.4, 0.5) is 16.2 Å². The standard InChI is InChI=1S/C17H23N3O2/c1-6-19-15-11(2)9-14(12-7-8-18-10-13(12)15)20-16(21)22-17(3,4)5/h7-10,19H,6H2,1-5H3,(H,20,21). The van der Waals surface area contributed by atoms with Crippen molar-refractivity contribution in [3.05, 3.63) is 30.1 Å². The van der Waals surface area contributed by atoms with Gasteiger partial charge in [-0.3, -0.25) is 10.3 Å². The number of carbonyl (C=O) groups is 1. The molecule has 2 rings (SSSR count). The average Bonchev–Trinajstić information content (AvgIpc) is 2.41. The first-order valence-electron chi connectivity index (χ1n) is 7.43. The Hall–Kier alpha value is -2.30. The third-order valence-electron chi connectivity index (χ3n) is 3.12. The van der Waals surface area contributed by atoms with E-state index >= 15 is 0 Å². The van der Waals surface area contributed by atoms with Crippen molar-refractivity contribution in [3.8, 4) is 0 Å². The minimum atomic E-state index is -0.528. The highest BCUT2D eigenvalue weighted by molar-refractivity contribution is 6.06. The van der Waals surface area contributed by atoms with Gasteiger partial charge in [-0.05, 0) is 52.3 Å². The predicted molar refractivity (Wildman–Crippen MR) is 90.5 cm³/mol.